The molecule has 0 spiro atoms. The van der Waals surface area contributed by atoms with E-state index in [9.17, 15) is 9.59 Å². The van der Waals surface area contributed by atoms with Crippen LogP contribution in [-0.2, 0) is 4.79 Å². The number of hydrogen-bond acceptors (Lipinski definition) is 3. The highest BCUT2D eigenvalue weighted by molar-refractivity contribution is 5.96. The van der Waals surface area contributed by atoms with Crippen LogP contribution in [0.5, 0.6) is 5.75 Å². The summed E-state index contributed by atoms with van der Waals surface area (Å²) < 4.78 is 5.06. The van der Waals surface area contributed by atoms with Gasteiger partial charge in [0.2, 0.25) is 5.91 Å². The molecule has 1 heterocycles. The zero-order valence-corrected chi connectivity index (χ0v) is 10.1. The minimum Gasteiger partial charge on any atom is -0.497 e. The van der Waals surface area contributed by atoms with E-state index in [-0.39, 0.29) is 12.6 Å². The Bertz CT molecular complexity index is 458. The molecule has 2 rings (SSSR count). The fourth-order valence-corrected chi connectivity index (χ4v) is 1.92. The van der Waals surface area contributed by atoms with Gasteiger partial charge in [0, 0.05) is 18.8 Å². The van der Waals surface area contributed by atoms with E-state index < -0.39 is 5.91 Å². The lowest BCUT2D eigenvalue weighted by molar-refractivity contribution is -0.118. The molecule has 1 aliphatic heterocycles. The largest absolute Gasteiger partial charge is 0.497 e. The number of urea groups is 1. The number of anilines is 1. The van der Waals surface area contributed by atoms with Gasteiger partial charge in [0.1, 0.15) is 12.3 Å². The first-order valence-corrected chi connectivity index (χ1v) is 5.60. The SMILES string of the molecule is COc1ccc(N2CCN(CC(N)=O)C2=O)cc1. The molecule has 0 bridgehead atoms. The van der Waals surface area contributed by atoms with Crippen LogP contribution in [0.2, 0.25) is 0 Å². The Labute approximate surface area is 105 Å². The van der Waals surface area contributed by atoms with Crippen molar-refractivity contribution in [1.29, 1.82) is 0 Å². The molecule has 0 atom stereocenters. The molecular weight excluding hydrogens is 234 g/mol. The molecule has 6 nitrogen and oxygen atoms in total. The summed E-state index contributed by atoms with van der Waals surface area (Å²) in [5, 5.41) is 0. The number of nitrogens with two attached hydrogens (primary N) is 1. The Morgan fingerprint density at radius 2 is 2.00 bits per heavy atom. The van der Waals surface area contributed by atoms with Crippen molar-refractivity contribution in [3.63, 3.8) is 0 Å². The van der Waals surface area contributed by atoms with Crippen molar-refractivity contribution in [3.8, 4) is 5.75 Å². The molecule has 0 aliphatic carbocycles. The minimum absolute atomic E-state index is 0.0362. The molecule has 0 radical (unpaired) electrons. The van der Waals surface area contributed by atoms with Gasteiger partial charge in [0.15, 0.2) is 0 Å². The maximum absolute atomic E-state index is 12.0. The molecule has 96 valence electrons. The third-order valence-corrected chi connectivity index (χ3v) is 2.83. The second-order valence-electron chi connectivity index (χ2n) is 4.02. The first-order valence-electron chi connectivity index (χ1n) is 5.60. The van der Waals surface area contributed by atoms with Gasteiger partial charge in [-0.15, -0.1) is 0 Å². The summed E-state index contributed by atoms with van der Waals surface area (Å²) in [5.41, 5.74) is 5.87. The monoisotopic (exact) mass is 249 g/mol. The Morgan fingerprint density at radius 3 is 2.56 bits per heavy atom. The zero-order chi connectivity index (χ0) is 13.1. The molecular formula is C12H15N3O3. The van der Waals surface area contributed by atoms with Crippen LogP contribution in [-0.4, -0.2) is 43.6 Å². The number of carbonyl (C=O) groups is 2. The number of rotatable bonds is 4. The number of primary amides is 1. The Morgan fingerprint density at radius 1 is 1.33 bits per heavy atom. The van der Waals surface area contributed by atoms with Gasteiger partial charge in [0.05, 0.1) is 7.11 Å². The van der Waals surface area contributed by atoms with E-state index in [1.165, 1.54) is 4.90 Å². The summed E-state index contributed by atoms with van der Waals surface area (Å²) in [4.78, 5) is 25.9. The maximum atomic E-state index is 12.0. The van der Waals surface area contributed by atoms with Gasteiger partial charge < -0.3 is 15.4 Å². The number of methoxy groups -OCH3 is 1. The second-order valence-corrected chi connectivity index (χ2v) is 4.02. The molecule has 1 saturated heterocycles. The van der Waals surface area contributed by atoms with Gasteiger partial charge in [0.25, 0.3) is 0 Å². The lowest BCUT2D eigenvalue weighted by Crippen LogP contribution is -2.37. The number of amides is 3. The highest BCUT2D eigenvalue weighted by Crippen LogP contribution is 2.22. The summed E-state index contributed by atoms with van der Waals surface area (Å²) in [6.07, 6.45) is 0. The molecule has 2 N–H and O–H groups in total. The van der Waals surface area contributed by atoms with Crippen molar-refractivity contribution in [2.75, 3.05) is 31.6 Å². The Balaban J connectivity index is 2.10. The van der Waals surface area contributed by atoms with E-state index >= 15 is 0 Å². The molecule has 0 saturated carbocycles. The standard InChI is InChI=1S/C12H15N3O3/c1-18-10-4-2-9(3-5-10)15-7-6-14(12(15)17)8-11(13)16/h2-5H,6-8H2,1H3,(H2,13,16). The second kappa shape index (κ2) is 4.95. The summed E-state index contributed by atoms with van der Waals surface area (Å²) in [5.74, 6) is 0.235. The molecule has 3 amide bonds. The van der Waals surface area contributed by atoms with Gasteiger partial charge in [-0.3, -0.25) is 9.69 Å². The lowest BCUT2D eigenvalue weighted by atomic mass is 10.3. The van der Waals surface area contributed by atoms with Crippen molar-refractivity contribution in [1.82, 2.24) is 4.90 Å². The van der Waals surface area contributed by atoms with Gasteiger partial charge in [-0.05, 0) is 24.3 Å². The van der Waals surface area contributed by atoms with Crippen LogP contribution >= 0.6 is 0 Å². The quantitative estimate of drug-likeness (QED) is 0.840. The fourth-order valence-electron chi connectivity index (χ4n) is 1.92. The Hall–Kier alpha value is -2.24. The van der Waals surface area contributed by atoms with E-state index in [4.69, 9.17) is 10.5 Å². The normalized spacial score (nSPS) is 15.1. The van der Waals surface area contributed by atoms with Gasteiger partial charge in [-0.2, -0.15) is 0 Å². The molecule has 18 heavy (non-hydrogen) atoms. The predicted molar refractivity (Wildman–Crippen MR) is 66.5 cm³/mol. The third kappa shape index (κ3) is 2.37. The number of carbonyl (C=O) groups excluding carboxylic acids is 2. The highest BCUT2D eigenvalue weighted by atomic mass is 16.5. The fraction of sp³-hybridized carbons (Fsp3) is 0.333. The molecule has 1 aromatic carbocycles. The molecule has 1 aliphatic rings. The van der Waals surface area contributed by atoms with Crippen molar-refractivity contribution >= 4 is 17.6 Å². The smallest absolute Gasteiger partial charge is 0.325 e. The number of ether oxygens (including phenoxy) is 1. The number of nitrogens with zero attached hydrogens (tertiary/aromatic N) is 2. The Kier molecular flexibility index (Phi) is 3.36. The van der Waals surface area contributed by atoms with Gasteiger partial charge >= 0.3 is 6.03 Å². The third-order valence-electron chi connectivity index (χ3n) is 2.83. The van der Waals surface area contributed by atoms with E-state index in [1.807, 2.05) is 12.1 Å². The molecule has 1 fully saturated rings. The van der Waals surface area contributed by atoms with Crippen LogP contribution in [0, 0.1) is 0 Å². The van der Waals surface area contributed by atoms with Crippen LogP contribution < -0.4 is 15.4 Å². The van der Waals surface area contributed by atoms with Crippen molar-refractivity contribution in [2.24, 2.45) is 5.73 Å². The van der Waals surface area contributed by atoms with E-state index in [2.05, 4.69) is 0 Å². The summed E-state index contributed by atoms with van der Waals surface area (Å²) in [7, 11) is 1.59. The molecule has 6 heteroatoms. The average molecular weight is 249 g/mol. The number of benzene rings is 1. The zero-order valence-electron chi connectivity index (χ0n) is 10.1. The van der Waals surface area contributed by atoms with E-state index in [1.54, 1.807) is 24.1 Å². The van der Waals surface area contributed by atoms with Crippen LogP contribution in [0.15, 0.2) is 24.3 Å². The van der Waals surface area contributed by atoms with E-state index in [0.717, 1.165) is 11.4 Å². The molecule has 1 aromatic rings. The van der Waals surface area contributed by atoms with E-state index in [0.29, 0.717) is 13.1 Å². The van der Waals surface area contributed by atoms with Crippen LogP contribution in [0.1, 0.15) is 0 Å². The first-order chi connectivity index (χ1) is 8.61. The van der Waals surface area contributed by atoms with Gasteiger partial charge in [-0.25, -0.2) is 4.79 Å². The van der Waals surface area contributed by atoms with Crippen LogP contribution in [0.3, 0.4) is 0 Å². The lowest BCUT2D eigenvalue weighted by Gasteiger charge is -2.17. The average Bonchev–Trinajstić information content (AvgIpc) is 2.71. The minimum atomic E-state index is -0.500. The predicted octanol–water partition coefficient (Wildman–Crippen LogP) is 0.422. The van der Waals surface area contributed by atoms with Gasteiger partial charge in [-0.1, -0.05) is 0 Å². The van der Waals surface area contributed by atoms with Crippen LogP contribution in [0.25, 0.3) is 0 Å². The summed E-state index contributed by atoms with van der Waals surface area (Å²) >= 11 is 0. The summed E-state index contributed by atoms with van der Waals surface area (Å²) in [6, 6.07) is 7.01. The highest BCUT2D eigenvalue weighted by Gasteiger charge is 2.30. The first kappa shape index (κ1) is 12.2. The topological polar surface area (TPSA) is 75.9 Å². The number of hydrogen-bond donors (Lipinski definition) is 1. The summed E-state index contributed by atoms with van der Waals surface area (Å²) in [6.45, 7) is 1.03. The van der Waals surface area contributed by atoms with Crippen molar-refractivity contribution in [3.05, 3.63) is 24.3 Å². The van der Waals surface area contributed by atoms with Crippen molar-refractivity contribution < 1.29 is 14.3 Å². The maximum Gasteiger partial charge on any atom is 0.325 e. The van der Waals surface area contributed by atoms with Crippen molar-refractivity contribution in [2.45, 2.75) is 0 Å². The molecule has 0 aromatic heterocycles. The van der Waals surface area contributed by atoms with Crippen LogP contribution in [0.4, 0.5) is 10.5 Å². The molecule has 0 unspecified atom stereocenters.